The molecule has 1 heterocycles. The average Bonchev–Trinajstić information content (AvgIpc) is 3.40. The Morgan fingerprint density at radius 2 is 1.38 bits per heavy atom. The molecule has 0 fully saturated rings. The third kappa shape index (κ3) is 6.92. The Balaban J connectivity index is 1.65. The second-order valence-electron chi connectivity index (χ2n) is 9.93. The Kier molecular flexibility index (Phi) is 8.96. The van der Waals surface area contributed by atoms with Crippen molar-refractivity contribution in [2.45, 2.75) is 38.3 Å². The van der Waals surface area contributed by atoms with Crippen LogP contribution in [-0.2, 0) is 24.7 Å². The molecule has 0 atom stereocenters. The lowest BCUT2D eigenvalue weighted by molar-refractivity contribution is -0.156. The first kappa shape index (κ1) is 28.5. The molecule has 8 nitrogen and oxygen atoms in total. The largest absolute Gasteiger partial charge is 0.476 e. The van der Waals surface area contributed by atoms with Crippen molar-refractivity contribution in [1.29, 1.82) is 0 Å². The summed E-state index contributed by atoms with van der Waals surface area (Å²) in [7, 11) is 0. The molecule has 0 unspecified atom stereocenters. The number of oxime groups is 1. The monoisotopic (exact) mass is 557 g/mol. The molecule has 1 aromatic heterocycles. The van der Waals surface area contributed by atoms with Crippen LogP contribution in [0.3, 0.4) is 0 Å². The number of hydrogen-bond donors (Lipinski definition) is 2. The number of aromatic nitrogens is 1. The lowest BCUT2D eigenvalue weighted by atomic mass is 9.77. The van der Waals surface area contributed by atoms with Gasteiger partial charge in [0.15, 0.2) is 5.13 Å². The van der Waals surface area contributed by atoms with E-state index in [1.165, 1.54) is 11.3 Å². The molecule has 0 bridgehead atoms. The van der Waals surface area contributed by atoms with Crippen LogP contribution in [-0.4, -0.2) is 39.9 Å². The minimum atomic E-state index is -1.30. The van der Waals surface area contributed by atoms with E-state index in [2.05, 4.69) is 15.5 Å². The summed E-state index contributed by atoms with van der Waals surface area (Å²) in [4.78, 5) is 33.7. The van der Waals surface area contributed by atoms with Gasteiger partial charge in [-0.3, -0.25) is 4.79 Å². The zero-order valence-electron chi connectivity index (χ0n) is 22.5. The van der Waals surface area contributed by atoms with Crippen molar-refractivity contribution in [2.75, 3.05) is 11.9 Å². The van der Waals surface area contributed by atoms with Crippen molar-refractivity contribution in [3.05, 3.63) is 119 Å². The molecule has 0 aliphatic carbocycles. The van der Waals surface area contributed by atoms with Gasteiger partial charge in [0.2, 0.25) is 5.71 Å². The number of benzene rings is 3. The normalized spacial score (nSPS) is 12.0. The van der Waals surface area contributed by atoms with Gasteiger partial charge in [-0.2, -0.15) is 0 Å². The number of anilines is 1. The summed E-state index contributed by atoms with van der Waals surface area (Å²) in [5.74, 6) is -1.76. The Morgan fingerprint density at radius 1 is 0.875 bits per heavy atom. The molecule has 0 aliphatic rings. The van der Waals surface area contributed by atoms with E-state index in [1.54, 1.807) is 26.2 Å². The van der Waals surface area contributed by atoms with E-state index in [-0.39, 0.29) is 24.4 Å². The van der Waals surface area contributed by atoms with Gasteiger partial charge in [-0.05, 0) is 37.5 Å². The first-order valence-corrected chi connectivity index (χ1v) is 13.6. The lowest BCUT2D eigenvalue weighted by Gasteiger charge is -2.36. The summed E-state index contributed by atoms with van der Waals surface area (Å²) in [5.41, 5.74) is 1.30. The number of hydrogen-bond acceptors (Lipinski definition) is 8. The lowest BCUT2D eigenvalue weighted by Crippen LogP contribution is -2.38. The number of aliphatic carboxylic acids is 1. The van der Waals surface area contributed by atoms with Crippen LogP contribution < -0.4 is 5.32 Å². The number of nitrogens with one attached hydrogen (secondary N) is 1. The van der Waals surface area contributed by atoms with Gasteiger partial charge in [0.25, 0.3) is 0 Å². The van der Waals surface area contributed by atoms with Crippen LogP contribution in [0.5, 0.6) is 0 Å². The summed E-state index contributed by atoms with van der Waals surface area (Å²) < 4.78 is 5.23. The molecule has 0 radical (unpaired) electrons. The van der Waals surface area contributed by atoms with Gasteiger partial charge < -0.3 is 20.0 Å². The molecule has 0 spiro atoms. The number of carboxylic acid groups (broad SMARTS) is 1. The SMILES string of the molecule is CC(C)(C)OC(=O)CCON=C(C(=O)O)c1csc(NC(c2ccccc2)(c2ccccc2)c2ccccc2)n1. The van der Waals surface area contributed by atoms with Gasteiger partial charge in [-0.25, -0.2) is 9.78 Å². The number of rotatable bonds is 11. The molecule has 0 saturated carbocycles. The third-order valence-corrected chi connectivity index (χ3v) is 6.60. The zero-order chi connectivity index (χ0) is 28.6. The molecule has 4 aromatic rings. The molecule has 0 amide bonds. The van der Waals surface area contributed by atoms with Gasteiger partial charge >= 0.3 is 11.9 Å². The smallest absolute Gasteiger partial charge is 0.360 e. The van der Waals surface area contributed by atoms with Crippen LogP contribution in [0.15, 0.2) is 102 Å². The Labute approximate surface area is 237 Å². The van der Waals surface area contributed by atoms with Crippen molar-refractivity contribution >= 4 is 34.1 Å². The molecule has 0 aliphatic heterocycles. The fourth-order valence-electron chi connectivity index (χ4n) is 4.21. The highest BCUT2D eigenvalue weighted by atomic mass is 32.1. The second kappa shape index (κ2) is 12.6. The van der Waals surface area contributed by atoms with Crippen LogP contribution in [0.4, 0.5) is 5.13 Å². The van der Waals surface area contributed by atoms with E-state index in [9.17, 15) is 14.7 Å². The standard InChI is InChI=1S/C31H31N3O5S/c1-30(2,3)39-26(35)19-20-38-34-27(28(36)37)25-21-40-29(32-25)33-31(22-13-7-4-8-14-22,23-15-9-5-10-16-23)24-17-11-6-12-18-24/h4-18,21H,19-20H2,1-3H3,(H,32,33)(H,36,37). The van der Waals surface area contributed by atoms with Crippen molar-refractivity contribution < 1.29 is 24.3 Å². The van der Waals surface area contributed by atoms with Crippen LogP contribution in [0.2, 0.25) is 0 Å². The van der Waals surface area contributed by atoms with Crippen molar-refractivity contribution in [3.8, 4) is 0 Å². The van der Waals surface area contributed by atoms with Crippen LogP contribution in [0, 0.1) is 0 Å². The highest BCUT2D eigenvalue weighted by Gasteiger charge is 2.37. The Bertz CT molecular complexity index is 1350. The summed E-state index contributed by atoms with van der Waals surface area (Å²) in [6, 6.07) is 30.0. The molecule has 9 heteroatoms. The minimum absolute atomic E-state index is 0.0642. The van der Waals surface area contributed by atoms with E-state index in [0.717, 1.165) is 16.7 Å². The zero-order valence-corrected chi connectivity index (χ0v) is 23.4. The summed E-state index contributed by atoms with van der Waals surface area (Å²) in [5, 5.41) is 19.3. The van der Waals surface area contributed by atoms with Crippen LogP contribution >= 0.6 is 11.3 Å². The maximum atomic E-state index is 12.0. The number of carboxylic acids is 1. The average molecular weight is 558 g/mol. The molecule has 3 aromatic carbocycles. The molecule has 2 N–H and O–H groups in total. The first-order chi connectivity index (χ1) is 19.2. The quantitative estimate of drug-likeness (QED) is 0.0756. The van der Waals surface area contributed by atoms with Gasteiger partial charge in [-0.1, -0.05) is 96.2 Å². The Hall–Kier alpha value is -4.50. The van der Waals surface area contributed by atoms with Gasteiger partial charge in [-0.15, -0.1) is 11.3 Å². The van der Waals surface area contributed by atoms with E-state index in [1.807, 2.05) is 91.0 Å². The maximum absolute atomic E-state index is 12.0. The maximum Gasteiger partial charge on any atom is 0.360 e. The van der Waals surface area contributed by atoms with Crippen molar-refractivity contribution in [1.82, 2.24) is 4.98 Å². The van der Waals surface area contributed by atoms with E-state index in [4.69, 9.17) is 9.57 Å². The van der Waals surface area contributed by atoms with E-state index >= 15 is 0 Å². The number of ether oxygens (including phenoxy) is 1. The number of carbonyl (C=O) groups is 2. The van der Waals surface area contributed by atoms with E-state index in [0.29, 0.717) is 5.13 Å². The fourth-order valence-corrected chi connectivity index (χ4v) is 4.96. The van der Waals surface area contributed by atoms with Gasteiger partial charge in [0.1, 0.15) is 23.4 Å². The molecule has 206 valence electrons. The third-order valence-electron chi connectivity index (χ3n) is 5.84. The predicted molar refractivity (Wildman–Crippen MR) is 156 cm³/mol. The molecule has 40 heavy (non-hydrogen) atoms. The highest BCUT2D eigenvalue weighted by molar-refractivity contribution is 7.14. The van der Waals surface area contributed by atoms with Crippen LogP contribution in [0.25, 0.3) is 0 Å². The van der Waals surface area contributed by atoms with Crippen molar-refractivity contribution in [2.24, 2.45) is 5.16 Å². The fraction of sp³-hybridized carbons (Fsp3) is 0.226. The second-order valence-corrected chi connectivity index (χ2v) is 10.8. The number of thiazole rings is 1. The summed E-state index contributed by atoms with van der Waals surface area (Å²) >= 11 is 1.26. The summed E-state index contributed by atoms with van der Waals surface area (Å²) in [6.07, 6.45) is -0.0642. The predicted octanol–water partition coefficient (Wildman–Crippen LogP) is 6.08. The van der Waals surface area contributed by atoms with Gasteiger partial charge in [0, 0.05) is 5.38 Å². The summed E-state index contributed by atoms with van der Waals surface area (Å²) in [6.45, 7) is 5.17. The number of nitrogens with zero attached hydrogens (tertiary/aromatic N) is 2. The molecule has 0 saturated heterocycles. The van der Waals surface area contributed by atoms with E-state index < -0.39 is 23.1 Å². The molecular formula is C31H31N3O5S. The topological polar surface area (TPSA) is 110 Å². The molecule has 4 rings (SSSR count). The first-order valence-electron chi connectivity index (χ1n) is 12.7. The number of carbonyl (C=O) groups excluding carboxylic acids is 1. The minimum Gasteiger partial charge on any atom is -0.476 e. The van der Waals surface area contributed by atoms with Gasteiger partial charge in [0.05, 0.1) is 6.42 Å². The van der Waals surface area contributed by atoms with Crippen molar-refractivity contribution in [3.63, 3.8) is 0 Å². The highest BCUT2D eigenvalue weighted by Crippen LogP contribution is 2.40. The number of esters is 1. The molecular weight excluding hydrogens is 526 g/mol. The Morgan fingerprint density at radius 3 is 1.82 bits per heavy atom. The van der Waals surface area contributed by atoms with Crippen LogP contribution in [0.1, 0.15) is 49.6 Å².